The van der Waals surface area contributed by atoms with Crippen molar-refractivity contribution >= 4 is 26.0 Å². The zero-order chi connectivity index (χ0) is 22.7. The van der Waals surface area contributed by atoms with Gasteiger partial charge >= 0.3 is 0 Å². The zero-order valence-corrected chi connectivity index (χ0v) is 19.1. The summed E-state index contributed by atoms with van der Waals surface area (Å²) in [6.45, 7) is 6.60. The second-order valence-corrected chi connectivity index (χ2v) is 10.4. The fourth-order valence-corrected chi connectivity index (χ4v) is 4.85. The van der Waals surface area contributed by atoms with Crippen LogP contribution in [0.1, 0.15) is 42.7 Å². The molecular formula is C20H27N3O5S2. The molecule has 0 fully saturated rings. The summed E-state index contributed by atoms with van der Waals surface area (Å²) in [6.07, 6.45) is 0. The van der Waals surface area contributed by atoms with Gasteiger partial charge in [-0.1, -0.05) is 12.1 Å². The molecular weight excluding hydrogens is 426 g/mol. The van der Waals surface area contributed by atoms with Crippen LogP contribution in [0, 0.1) is 0 Å². The van der Waals surface area contributed by atoms with E-state index in [4.69, 9.17) is 5.14 Å². The van der Waals surface area contributed by atoms with Crippen molar-refractivity contribution in [2.24, 2.45) is 5.14 Å². The van der Waals surface area contributed by atoms with Crippen LogP contribution in [-0.4, -0.2) is 52.1 Å². The quantitative estimate of drug-likeness (QED) is 0.657. The molecule has 30 heavy (non-hydrogen) atoms. The van der Waals surface area contributed by atoms with Crippen molar-refractivity contribution < 1.29 is 21.6 Å². The van der Waals surface area contributed by atoms with Crippen molar-refractivity contribution in [1.29, 1.82) is 0 Å². The van der Waals surface area contributed by atoms with Gasteiger partial charge in [0.15, 0.2) is 0 Å². The van der Waals surface area contributed by atoms with Crippen molar-refractivity contribution in [3.8, 4) is 0 Å². The van der Waals surface area contributed by atoms with E-state index in [1.807, 2.05) is 13.8 Å². The summed E-state index contributed by atoms with van der Waals surface area (Å²) in [5, 5.41) is 5.10. The highest BCUT2D eigenvalue weighted by Gasteiger charge is 2.27. The lowest BCUT2D eigenvalue weighted by atomic mass is 10.1. The van der Waals surface area contributed by atoms with Crippen molar-refractivity contribution in [3.63, 3.8) is 0 Å². The van der Waals surface area contributed by atoms with E-state index in [-0.39, 0.29) is 15.7 Å². The summed E-state index contributed by atoms with van der Waals surface area (Å²) in [4.78, 5) is 14.1. The van der Waals surface area contributed by atoms with E-state index in [0.717, 1.165) is 0 Å². The Morgan fingerprint density at radius 3 is 1.80 bits per heavy atom. The predicted molar refractivity (Wildman–Crippen MR) is 115 cm³/mol. The number of nitrogens with zero attached hydrogens (tertiary/aromatic N) is 2. The van der Waals surface area contributed by atoms with E-state index in [0.29, 0.717) is 24.2 Å². The van der Waals surface area contributed by atoms with Gasteiger partial charge in [0.25, 0.3) is 5.91 Å². The van der Waals surface area contributed by atoms with Crippen LogP contribution in [0.15, 0.2) is 58.3 Å². The molecule has 1 amide bonds. The maximum Gasteiger partial charge on any atom is 0.253 e. The summed E-state index contributed by atoms with van der Waals surface area (Å²) < 4.78 is 50.0. The molecule has 0 spiro atoms. The molecule has 2 aromatic rings. The van der Waals surface area contributed by atoms with Crippen molar-refractivity contribution in [2.75, 3.05) is 20.1 Å². The number of nitrogens with two attached hydrogens (primary N) is 1. The lowest BCUT2D eigenvalue weighted by molar-refractivity contribution is 0.0773. The minimum atomic E-state index is -3.83. The van der Waals surface area contributed by atoms with Gasteiger partial charge in [0.1, 0.15) is 0 Å². The first kappa shape index (κ1) is 24.0. The maximum absolute atomic E-state index is 13.0. The molecule has 8 nitrogen and oxygen atoms in total. The maximum atomic E-state index is 13.0. The molecule has 0 aliphatic carbocycles. The van der Waals surface area contributed by atoms with Crippen molar-refractivity contribution in [3.05, 3.63) is 59.7 Å². The number of rotatable bonds is 8. The highest BCUT2D eigenvalue weighted by atomic mass is 32.2. The molecule has 2 rings (SSSR count). The Morgan fingerprint density at radius 1 is 0.900 bits per heavy atom. The molecule has 0 aromatic heterocycles. The molecule has 0 radical (unpaired) electrons. The largest absolute Gasteiger partial charge is 0.339 e. The van der Waals surface area contributed by atoms with Crippen LogP contribution in [0.25, 0.3) is 0 Å². The van der Waals surface area contributed by atoms with Crippen molar-refractivity contribution in [2.45, 2.75) is 36.6 Å². The van der Waals surface area contributed by atoms with E-state index in [2.05, 4.69) is 0 Å². The van der Waals surface area contributed by atoms with Gasteiger partial charge in [-0.2, -0.15) is 4.31 Å². The van der Waals surface area contributed by atoms with Gasteiger partial charge in [0.05, 0.1) is 9.79 Å². The van der Waals surface area contributed by atoms with Gasteiger partial charge in [0, 0.05) is 31.7 Å². The Bertz CT molecular complexity index is 1090. The Kier molecular flexibility index (Phi) is 7.40. The lowest BCUT2D eigenvalue weighted by Gasteiger charge is -2.25. The van der Waals surface area contributed by atoms with E-state index in [9.17, 15) is 21.6 Å². The number of hydrogen-bond acceptors (Lipinski definition) is 5. The first-order chi connectivity index (χ1) is 13.9. The Morgan fingerprint density at radius 2 is 1.37 bits per heavy atom. The van der Waals surface area contributed by atoms with E-state index in [1.54, 1.807) is 11.8 Å². The standard InChI is InChI=1S/C20H27N3O5S2/c1-5-23(6-2)20(24)17-9-13-19(14-10-17)30(27,28)22(4)15(3)16-7-11-18(12-8-16)29(21,25)26/h7-15H,5-6H2,1-4H3,(H2,21,25,26). The molecule has 0 heterocycles. The van der Waals surface area contributed by atoms with E-state index in [1.165, 1.54) is 59.9 Å². The SMILES string of the molecule is CCN(CC)C(=O)c1ccc(S(=O)(=O)N(C)C(C)c2ccc(S(N)(=O)=O)cc2)cc1. The van der Waals surface area contributed by atoms with Gasteiger partial charge < -0.3 is 4.90 Å². The fraction of sp³-hybridized carbons (Fsp3) is 0.350. The second-order valence-electron chi connectivity index (χ2n) is 6.81. The van der Waals surface area contributed by atoms with Gasteiger partial charge in [0.2, 0.25) is 20.0 Å². The summed E-state index contributed by atoms with van der Waals surface area (Å²) in [6, 6.07) is 11.0. The fourth-order valence-electron chi connectivity index (χ4n) is 2.98. The van der Waals surface area contributed by atoms with Gasteiger partial charge in [-0.05, 0) is 62.7 Å². The average molecular weight is 454 g/mol. The van der Waals surface area contributed by atoms with E-state index >= 15 is 0 Å². The number of amides is 1. The molecule has 0 aliphatic rings. The number of benzene rings is 2. The summed E-state index contributed by atoms with van der Waals surface area (Å²) in [5.74, 6) is -0.152. The number of carbonyl (C=O) groups excluding carboxylic acids is 1. The number of hydrogen-bond donors (Lipinski definition) is 1. The van der Waals surface area contributed by atoms with Crippen LogP contribution in [0.2, 0.25) is 0 Å². The molecule has 164 valence electrons. The average Bonchev–Trinajstić information content (AvgIpc) is 2.73. The molecule has 0 bridgehead atoms. The van der Waals surface area contributed by atoms with E-state index < -0.39 is 26.1 Å². The third-order valence-corrected chi connectivity index (χ3v) is 7.94. The number of carbonyl (C=O) groups is 1. The minimum absolute atomic E-state index is 0.0441. The molecule has 2 N–H and O–H groups in total. The molecule has 0 aliphatic heterocycles. The monoisotopic (exact) mass is 453 g/mol. The molecule has 0 saturated heterocycles. The third kappa shape index (κ3) is 5.07. The third-order valence-electron chi connectivity index (χ3n) is 5.07. The second kappa shape index (κ2) is 9.25. The zero-order valence-electron chi connectivity index (χ0n) is 17.4. The van der Waals surface area contributed by atoms with Crippen LogP contribution in [0.3, 0.4) is 0 Å². The predicted octanol–water partition coefficient (Wildman–Crippen LogP) is 2.20. The van der Waals surface area contributed by atoms with Crippen molar-refractivity contribution in [1.82, 2.24) is 9.21 Å². The van der Waals surface area contributed by atoms with Gasteiger partial charge in [-0.25, -0.2) is 22.0 Å². The molecule has 2 aromatic carbocycles. The lowest BCUT2D eigenvalue weighted by Crippen LogP contribution is -2.31. The van der Waals surface area contributed by atoms with Crippen LogP contribution in [0.4, 0.5) is 0 Å². The van der Waals surface area contributed by atoms with Gasteiger partial charge in [-0.3, -0.25) is 4.79 Å². The highest BCUT2D eigenvalue weighted by Crippen LogP contribution is 2.26. The van der Waals surface area contributed by atoms with Crippen LogP contribution < -0.4 is 5.14 Å². The molecule has 1 unspecified atom stereocenters. The Labute approximate surface area is 178 Å². The first-order valence-electron chi connectivity index (χ1n) is 9.43. The summed E-state index contributed by atoms with van der Waals surface area (Å²) >= 11 is 0. The first-order valence-corrected chi connectivity index (χ1v) is 12.4. The number of sulfonamides is 2. The molecule has 1 atom stereocenters. The molecule has 10 heteroatoms. The Hall–Kier alpha value is -2.27. The Balaban J connectivity index is 2.26. The van der Waals surface area contributed by atoms with Crippen LogP contribution >= 0.6 is 0 Å². The number of primary sulfonamides is 1. The van der Waals surface area contributed by atoms with Crippen LogP contribution in [0.5, 0.6) is 0 Å². The minimum Gasteiger partial charge on any atom is -0.339 e. The smallest absolute Gasteiger partial charge is 0.253 e. The topological polar surface area (TPSA) is 118 Å². The van der Waals surface area contributed by atoms with Crippen LogP contribution in [-0.2, 0) is 20.0 Å². The normalized spacial score (nSPS) is 13.3. The van der Waals surface area contributed by atoms with Gasteiger partial charge in [-0.15, -0.1) is 0 Å². The molecule has 0 saturated carbocycles. The summed E-state index contributed by atoms with van der Waals surface area (Å²) in [7, 11) is -6.21. The summed E-state index contributed by atoms with van der Waals surface area (Å²) in [5.41, 5.74) is 1.04. The highest BCUT2D eigenvalue weighted by molar-refractivity contribution is 7.89.